The highest BCUT2D eigenvalue weighted by Gasteiger charge is 2.22. The first-order valence-corrected chi connectivity index (χ1v) is 6.06. The summed E-state index contributed by atoms with van der Waals surface area (Å²) in [6, 6.07) is 6.78. The van der Waals surface area contributed by atoms with E-state index in [1.807, 2.05) is 19.1 Å². The molecule has 0 fully saturated rings. The summed E-state index contributed by atoms with van der Waals surface area (Å²) in [5.74, 6) is -0.394. The van der Waals surface area contributed by atoms with Crippen molar-refractivity contribution in [2.45, 2.75) is 23.1 Å². The van der Waals surface area contributed by atoms with Crippen LogP contribution in [0.5, 0.6) is 0 Å². The van der Waals surface area contributed by atoms with Crippen molar-refractivity contribution in [3.63, 3.8) is 0 Å². The number of rotatable bonds is 4. The second kappa shape index (κ2) is 6.13. The molecule has 3 nitrogen and oxygen atoms in total. The Bertz CT molecular complexity index is 356. The van der Waals surface area contributed by atoms with Gasteiger partial charge in [-0.05, 0) is 24.3 Å². The SMILES string of the molecule is COC(=O)[C@@H](N)[C@H](C)Sc1ccc(Cl)cc1. The summed E-state index contributed by atoms with van der Waals surface area (Å²) in [7, 11) is 1.34. The molecule has 1 rings (SSSR count). The highest BCUT2D eigenvalue weighted by atomic mass is 35.5. The van der Waals surface area contributed by atoms with Crippen LogP contribution in [0.15, 0.2) is 29.2 Å². The molecule has 0 aliphatic rings. The van der Waals surface area contributed by atoms with Crippen molar-refractivity contribution in [1.29, 1.82) is 0 Å². The zero-order chi connectivity index (χ0) is 12.1. The number of esters is 1. The lowest BCUT2D eigenvalue weighted by molar-refractivity contribution is -0.142. The molecular formula is C11H14ClNO2S. The highest BCUT2D eigenvalue weighted by Crippen LogP contribution is 2.26. The molecule has 2 atom stereocenters. The molecule has 0 amide bonds. The number of hydrogen-bond acceptors (Lipinski definition) is 4. The zero-order valence-electron chi connectivity index (χ0n) is 9.14. The van der Waals surface area contributed by atoms with Gasteiger partial charge < -0.3 is 10.5 Å². The normalized spacial score (nSPS) is 14.2. The Morgan fingerprint density at radius 2 is 2.00 bits per heavy atom. The number of methoxy groups -OCH3 is 1. The Kier molecular flexibility index (Phi) is 5.12. The van der Waals surface area contributed by atoms with Crippen molar-refractivity contribution in [2.24, 2.45) is 5.73 Å². The summed E-state index contributed by atoms with van der Waals surface area (Å²) in [5.41, 5.74) is 5.73. The molecule has 0 unspecified atom stereocenters. The number of carbonyl (C=O) groups is 1. The van der Waals surface area contributed by atoms with Crippen LogP contribution in [0.1, 0.15) is 6.92 Å². The quantitative estimate of drug-likeness (QED) is 0.666. The van der Waals surface area contributed by atoms with E-state index in [0.717, 1.165) is 4.90 Å². The fourth-order valence-corrected chi connectivity index (χ4v) is 2.24. The minimum absolute atomic E-state index is 0.0476. The van der Waals surface area contributed by atoms with E-state index in [-0.39, 0.29) is 5.25 Å². The predicted octanol–water partition coefficient (Wildman–Crippen LogP) is 2.32. The molecule has 0 saturated heterocycles. The van der Waals surface area contributed by atoms with Crippen molar-refractivity contribution in [3.8, 4) is 0 Å². The Morgan fingerprint density at radius 3 is 2.50 bits per heavy atom. The molecule has 5 heteroatoms. The van der Waals surface area contributed by atoms with Crippen LogP contribution in [0.2, 0.25) is 5.02 Å². The van der Waals surface area contributed by atoms with Gasteiger partial charge in [0.25, 0.3) is 0 Å². The smallest absolute Gasteiger partial charge is 0.323 e. The Morgan fingerprint density at radius 1 is 1.44 bits per heavy atom. The number of ether oxygens (including phenoxy) is 1. The van der Waals surface area contributed by atoms with Crippen molar-refractivity contribution >= 4 is 29.3 Å². The average Bonchev–Trinajstić information content (AvgIpc) is 2.30. The van der Waals surface area contributed by atoms with Crippen molar-refractivity contribution in [1.82, 2.24) is 0 Å². The molecule has 0 radical (unpaired) electrons. The lowest BCUT2D eigenvalue weighted by Gasteiger charge is -2.16. The largest absolute Gasteiger partial charge is 0.468 e. The topological polar surface area (TPSA) is 52.3 Å². The minimum Gasteiger partial charge on any atom is -0.468 e. The number of carbonyl (C=O) groups excluding carboxylic acids is 1. The van der Waals surface area contributed by atoms with Crippen molar-refractivity contribution < 1.29 is 9.53 Å². The van der Waals surface area contributed by atoms with E-state index in [9.17, 15) is 4.79 Å². The van der Waals surface area contributed by atoms with Crippen LogP contribution in [-0.4, -0.2) is 24.4 Å². The van der Waals surface area contributed by atoms with Gasteiger partial charge in [0.1, 0.15) is 6.04 Å². The zero-order valence-corrected chi connectivity index (χ0v) is 10.7. The maximum atomic E-state index is 11.2. The van der Waals surface area contributed by atoms with E-state index in [2.05, 4.69) is 4.74 Å². The molecule has 0 spiro atoms. The molecule has 0 heterocycles. The summed E-state index contributed by atoms with van der Waals surface area (Å²) < 4.78 is 4.59. The second-order valence-electron chi connectivity index (χ2n) is 3.33. The van der Waals surface area contributed by atoms with Crippen LogP contribution in [0.3, 0.4) is 0 Å². The molecule has 0 aliphatic heterocycles. The molecule has 88 valence electrons. The highest BCUT2D eigenvalue weighted by molar-refractivity contribution is 8.00. The van der Waals surface area contributed by atoms with Crippen LogP contribution < -0.4 is 5.73 Å². The van der Waals surface area contributed by atoms with Crippen LogP contribution in [0.25, 0.3) is 0 Å². The van der Waals surface area contributed by atoms with E-state index in [1.165, 1.54) is 18.9 Å². The van der Waals surface area contributed by atoms with Crippen LogP contribution in [0.4, 0.5) is 0 Å². The number of nitrogens with two attached hydrogens (primary N) is 1. The van der Waals surface area contributed by atoms with Gasteiger partial charge in [-0.25, -0.2) is 0 Å². The summed E-state index contributed by atoms with van der Waals surface area (Å²) in [5, 5.41) is 0.642. The summed E-state index contributed by atoms with van der Waals surface area (Å²) in [4.78, 5) is 12.2. The molecule has 0 bridgehead atoms. The number of halogens is 1. The van der Waals surface area contributed by atoms with Crippen molar-refractivity contribution in [3.05, 3.63) is 29.3 Å². The molecule has 0 aromatic heterocycles. The van der Waals surface area contributed by atoms with Crippen molar-refractivity contribution in [2.75, 3.05) is 7.11 Å². The predicted molar refractivity (Wildman–Crippen MR) is 66.8 cm³/mol. The van der Waals surface area contributed by atoms with Gasteiger partial charge in [0.2, 0.25) is 0 Å². The Hall–Kier alpha value is -0.710. The monoisotopic (exact) mass is 259 g/mol. The maximum absolute atomic E-state index is 11.2. The number of thioether (sulfide) groups is 1. The number of benzene rings is 1. The fraction of sp³-hybridized carbons (Fsp3) is 0.364. The van der Waals surface area contributed by atoms with Gasteiger partial charge in [-0.15, -0.1) is 11.8 Å². The first kappa shape index (κ1) is 13.4. The van der Waals surface area contributed by atoms with Crippen LogP contribution in [-0.2, 0) is 9.53 Å². The van der Waals surface area contributed by atoms with E-state index < -0.39 is 12.0 Å². The van der Waals surface area contributed by atoms with Gasteiger partial charge in [0.05, 0.1) is 7.11 Å². The summed E-state index contributed by atoms with van der Waals surface area (Å²) >= 11 is 7.30. The summed E-state index contributed by atoms with van der Waals surface area (Å²) in [6.45, 7) is 1.89. The first-order valence-electron chi connectivity index (χ1n) is 4.80. The van der Waals surface area contributed by atoms with E-state index in [1.54, 1.807) is 12.1 Å². The van der Waals surface area contributed by atoms with E-state index in [0.29, 0.717) is 5.02 Å². The average molecular weight is 260 g/mol. The van der Waals surface area contributed by atoms with Gasteiger partial charge in [-0.3, -0.25) is 4.79 Å². The van der Waals surface area contributed by atoms with Gasteiger partial charge in [-0.2, -0.15) is 0 Å². The molecule has 2 N–H and O–H groups in total. The minimum atomic E-state index is -0.620. The fourth-order valence-electron chi connectivity index (χ4n) is 1.13. The standard InChI is InChI=1S/C11H14ClNO2S/c1-7(10(13)11(14)15-2)16-9-5-3-8(12)4-6-9/h3-7,10H,13H2,1-2H3/t7-,10-/m0/s1. The van der Waals surface area contributed by atoms with Gasteiger partial charge >= 0.3 is 5.97 Å². The van der Waals surface area contributed by atoms with Crippen LogP contribution >= 0.6 is 23.4 Å². The summed E-state index contributed by atoms with van der Waals surface area (Å²) in [6.07, 6.45) is 0. The second-order valence-corrected chi connectivity index (χ2v) is 5.21. The molecule has 1 aromatic carbocycles. The Balaban J connectivity index is 2.60. The molecule has 1 aromatic rings. The lowest BCUT2D eigenvalue weighted by atomic mass is 10.2. The molecule has 0 saturated carbocycles. The molecular weight excluding hydrogens is 246 g/mol. The Labute approximate surface area is 104 Å². The molecule has 0 aliphatic carbocycles. The number of hydrogen-bond donors (Lipinski definition) is 1. The third-order valence-electron chi connectivity index (χ3n) is 2.11. The molecule has 16 heavy (non-hydrogen) atoms. The van der Waals surface area contributed by atoms with Gasteiger partial charge in [0, 0.05) is 15.2 Å². The van der Waals surface area contributed by atoms with E-state index >= 15 is 0 Å². The lowest BCUT2D eigenvalue weighted by Crippen LogP contribution is -2.39. The third kappa shape index (κ3) is 3.70. The maximum Gasteiger partial charge on any atom is 0.323 e. The van der Waals surface area contributed by atoms with Gasteiger partial charge in [-0.1, -0.05) is 18.5 Å². The van der Waals surface area contributed by atoms with Crippen LogP contribution in [0, 0.1) is 0 Å². The third-order valence-corrected chi connectivity index (χ3v) is 3.58. The van der Waals surface area contributed by atoms with E-state index in [4.69, 9.17) is 17.3 Å². The first-order chi connectivity index (χ1) is 7.54. The van der Waals surface area contributed by atoms with Gasteiger partial charge in [0.15, 0.2) is 0 Å².